The summed E-state index contributed by atoms with van der Waals surface area (Å²) in [5, 5.41) is 0. The first-order valence-electron chi connectivity index (χ1n) is 6.19. The van der Waals surface area contributed by atoms with Gasteiger partial charge < -0.3 is 4.74 Å². The van der Waals surface area contributed by atoms with Crippen LogP contribution in [0.4, 0.5) is 0 Å². The third-order valence-corrected chi connectivity index (χ3v) is 3.23. The van der Waals surface area contributed by atoms with Crippen molar-refractivity contribution in [2.75, 3.05) is 6.61 Å². The number of hydrogen-bond acceptors (Lipinski definition) is 3. The second-order valence-corrected chi connectivity index (χ2v) is 5.75. The summed E-state index contributed by atoms with van der Waals surface area (Å²) in [6, 6.07) is 7.20. The highest BCUT2D eigenvalue weighted by atomic mass is 16.5. The normalized spacial score (nSPS) is 19.1. The topological polar surface area (TPSA) is 43.4 Å². The monoisotopic (exact) mass is 246 g/mol. The zero-order valence-corrected chi connectivity index (χ0v) is 11.0. The summed E-state index contributed by atoms with van der Waals surface area (Å²) in [4.78, 5) is 24.2. The number of para-hydroxylation sites is 1. The molecule has 3 heteroatoms. The van der Waals surface area contributed by atoms with Gasteiger partial charge in [-0.1, -0.05) is 32.9 Å². The zero-order valence-electron chi connectivity index (χ0n) is 11.0. The molecule has 18 heavy (non-hydrogen) atoms. The molecule has 1 unspecified atom stereocenters. The minimum atomic E-state index is -0.406. The molecule has 1 aromatic rings. The van der Waals surface area contributed by atoms with Crippen molar-refractivity contribution in [3.05, 3.63) is 29.8 Å². The van der Waals surface area contributed by atoms with Crippen LogP contribution in [0.15, 0.2) is 24.3 Å². The van der Waals surface area contributed by atoms with E-state index in [2.05, 4.69) is 0 Å². The lowest BCUT2D eigenvalue weighted by Crippen LogP contribution is -2.33. The SMILES string of the molecule is CC(C)(C)C(=O)CC1COc2ccccc2C1=O. The second kappa shape index (κ2) is 4.56. The van der Waals surface area contributed by atoms with Gasteiger partial charge in [0.1, 0.15) is 11.5 Å². The van der Waals surface area contributed by atoms with E-state index in [0.717, 1.165) is 0 Å². The molecule has 0 spiro atoms. The summed E-state index contributed by atoms with van der Waals surface area (Å²) in [5.74, 6) is 0.409. The molecule has 0 fully saturated rings. The number of hydrogen-bond donors (Lipinski definition) is 0. The van der Waals surface area contributed by atoms with Crippen LogP contribution in [0.5, 0.6) is 5.75 Å². The van der Waals surface area contributed by atoms with E-state index >= 15 is 0 Å². The van der Waals surface area contributed by atoms with Gasteiger partial charge in [-0.2, -0.15) is 0 Å². The molecular formula is C15H18O3. The van der Waals surface area contributed by atoms with Crippen LogP contribution in [0, 0.1) is 11.3 Å². The molecular weight excluding hydrogens is 228 g/mol. The minimum Gasteiger partial charge on any atom is -0.492 e. The zero-order chi connectivity index (χ0) is 13.3. The molecule has 0 amide bonds. The number of rotatable bonds is 2. The number of fused-ring (bicyclic) bond motifs is 1. The van der Waals surface area contributed by atoms with Crippen LogP contribution in [0.25, 0.3) is 0 Å². The van der Waals surface area contributed by atoms with Crippen molar-refractivity contribution in [2.45, 2.75) is 27.2 Å². The van der Waals surface area contributed by atoms with Crippen LogP contribution in [0.2, 0.25) is 0 Å². The van der Waals surface area contributed by atoms with E-state index < -0.39 is 5.41 Å². The van der Waals surface area contributed by atoms with E-state index in [1.54, 1.807) is 12.1 Å². The Labute approximate surface area is 107 Å². The van der Waals surface area contributed by atoms with Gasteiger partial charge in [0.2, 0.25) is 0 Å². The minimum absolute atomic E-state index is 0.0226. The fourth-order valence-electron chi connectivity index (χ4n) is 1.96. The first-order chi connectivity index (χ1) is 8.39. The molecule has 0 aliphatic carbocycles. The van der Waals surface area contributed by atoms with Crippen LogP contribution < -0.4 is 4.74 Å². The molecule has 1 heterocycles. The van der Waals surface area contributed by atoms with E-state index in [4.69, 9.17) is 4.74 Å². The second-order valence-electron chi connectivity index (χ2n) is 5.75. The Bertz CT molecular complexity index is 483. The van der Waals surface area contributed by atoms with E-state index in [9.17, 15) is 9.59 Å². The Hall–Kier alpha value is -1.64. The smallest absolute Gasteiger partial charge is 0.173 e. The predicted molar refractivity (Wildman–Crippen MR) is 68.8 cm³/mol. The quantitative estimate of drug-likeness (QED) is 0.805. The number of Topliss-reactive ketones (excluding diaryl/α,β-unsaturated/α-hetero) is 2. The van der Waals surface area contributed by atoms with Gasteiger partial charge in [-0.05, 0) is 12.1 Å². The molecule has 0 saturated heterocycles. The number of ether oxygens (including phenoxy) is 1. The fourth-order valence-corrected chi connectivity index (χ4v) is 1.96. The molecule has 1 atom stereocenters. The van der Waals surface area contributed by atoms with Gasteiger partial charge in [-0.25, -0.2) is 0 Å². The Morgan fingerprint density at radius 3 is 2.67 bits per heavy atom. The molecule has 3 nitrogen and oxygen atoms in total. The number of carbonyl (C=O) groups is 2. The van der Waals surface area contributed by atoms with Crippen molar-refractivity contribution in [3.8, 4) is 5.75 Å². The van der Waals surface area contributed by atoms with Crippen molar-refractivity contribution < 1.29 is 14.3 Å². The van der Waals surface area contributed by atoms with Gasteiger partial charge in [0.05, 0.1) is 18.1 Å². The van der Waals surface area contributed by atoms with Gasteiger partial charge >= 0.3 is 0 Å². The highest BCUT2D eigenvalue weighted by Gasteiger charge is 2.33. The van der Waals surface area contributed by atoms with E-state index in [-0.39, 0.29) is 23.9 Å². The van der Waals surface area contributed by atoms with E-state index in [0.29, 0.717) is 17.9 Å². The molecule has 0 radical (unpaired) electrons. The maximum Gasteiger partial charge on any atom is 0.173 e. The molecule has 0 saturated carbocycles. The Kier molecular flexibility index (Phi) is 3.24. The first-order valence-corrected chi connectivity index (χ1v) is 6.19. The standard InChI is InChI=1S/C15H18O3/c1-15(2,3)13(16)8-10-9-18-12-7-5-4-6-11(12)14(10)17/h4-7,10H,8-9H2,1-3H3. The number of carbonyl (C=O) groups excluding carboxylic acids is 2. The van der Waals surface area contributed by atoms with Crippen LogP contribution in [-0.4, -0.2) is 18.2 Å². The third-order valence-electron chi connectivity index (χ3n) is 3.23. The number of ketones is 2. The first kappa shape index (κ1) is 12.8. The number of benzene rings is 1. The summed E-state index contributed by atoms with van der Waals surface area (Å²) in [6.07, 6.45) is 0.261. The average molecular weight is 246 g/mol. The van der Waals surface area contributed by atoms with Crippen molar-refractivity contribution in [2.24, 2.45) is 11.3 Å². The van der Waals surface area contributed by atoms with Gasteiger partial charge in [-0.15, -0.1) is 0 Å². The van der Waals surface area contributed by atoms with Crippen LogP contribution >= 0.6 is 0 Å². The molecule has 0 aromatic heterocycles. The average Bonchev–Trinajstić information content (AvgIpc) is 2.32. The Morgan fingerprint density at radius 2 is 2.00 bits per heavy atom. The van der Waals surface area contributed by atoms with Crippen molar-refractivity contribution in [1.82, 2.24) is 0 Å². The lowest BCUT2D eigenvalue weighted by atomic mass is 9.82. The molecule has 1 aromatic carbocycles. The van der Waals surface area contributed by atoms with Crippen LogP contribution in [-0.2, 0) is 4.79 Å². The maximum atomic E-state index is 12.2. The third kappa shape index (κ3) is 2.45. The van der Waals surface area contributed by atoms with Gasteiger partial charge in [0.25, 0.3) is 0 Å². The molecule has 1 aliphatic rings. The molecule has 0 N–H and O–H groups in total. The van der Waals surface area contributed by atoms with E-state index in [1.165, 1.54) is 0 Å². The van der Waals surface area contributed by atoms with Crippen molar-refractivity contribution in [1.29, 1.82) is 0 Å². The highest BCUT2D eigenvalue weighted by Crippen LogP contribution is 2.30. The highest BCUT2D eigenvalue weighted by molar-refractivity contribution is 6.03. The summed E-state index contributed by atoms with van der Waals surface area (Å²) < 4.78 is 5.55. The van der Waals surface area contributed by atoms with Gasteiger partial charge in [0.15, 0.2) is 5.78 Å². The fraction of sp³-hybridized carbons (Fsp3) is 0.467. The van der Waals surface area contributed by atoms with Crippen molar-refractivity contribution >= 4 is 11.6 Å². The van der Waals surface area contributed by atoms with Crippen molar-refractivity contribution in [3.63, 3.8) is 0 Å². The predicted octanol–water partition coefficient (Wildman–Crippen LogP) is 2.88. The van der Waals surface area contributed by atoms with Crippen LogP contribution in [0.1, 0.15) is 37.6 Å². The molecule has 0 bridgehead atoms. The lowest BCUT2D eigenvalue weighted by molar-refractivity contribution is -0.127. The molecule has 96 valence electrons. The maximum absolute atomic E-state index is 12.2. The molecule has 1 aliphatic heterocycles. The summed E-state index contributed by atoms with van der Waals surface area (Å²) in [5.41, 5.74) is 0.188. The van der Waals surface area contributed by atoms with E-state index in [1.807, 2.05) is 32.9 Å². The Morgan fingerprint density at radius 1 is 1.33 bits per heavy atom. The summed E-state index contributed by atoms with van der Waals surface area (Å²) >= 11 is 0. The largest absolute Gasteiger partial charge is 0.492 e. The summed E-state index contributed by atoms with van der Waals surface area (Å²) in [6.45, 7) is 5.92. The summed E-state index contributed by atoms with van der Waals surface area (Å²) in [7, 11) is 0. The Balaban J connectivity index is 2.15. The van der Waals surface area contributed by atoms with Crippen LogP contribution in [0.3, 0.4) is 0 Å². The lowest BCUT2D eigenvalue weighted by Gasteiger charge is -2.26. The van der Waals surface area contributed by atoms with Gasteiger partial charge in [-0.3, -0.25) is 9.59 Å². The van der Waals surface area contributed by atoms with Gasteiger partial charge in [0, 0.05) is 11.8 Å². The molecule has 2 rings (SSSR count).